The van der Waals surface area contributed by atoms with Crippen LogP contribution in [0.1, 0.15) is 216 Å². The molecule has 1 rings (SSSR count). The van der Waals surface area contributed by atoms with Crippen molar-refractivity contribution >= 4 is 5.97 Å². The summed E-state index contributed by atoms with van der Waals surface area (Å²) in [5.41, 5.74) is 0. The first-order valence-corrected chi connectivity index (χ1v) is 23.0. The standard InChI is InChI=1S/C47H93NO3/c1-40(2)30-32-45(42(5)6)38-50-36-26-19-15-10-9-12-16-21-27-44(37-48-34-24-20-25-35-48)28-22-17-13-11-14-18-23-29-47(49)51-39-46(43(7)8)33-31-41(3)4/h40-46H,9-39H2,1-8H3. The first-order chi connectivity index (χ1) is 24.6. The van der Waals surface area contributed by atoms with Crippen molar-refractivity contribution in [2.24, 2.45) is 41.4 Å². The van der Waals surface area contributed by atoms with Crippen LogP contribution >= 0.6 is 0 Å². The van der Waals surface area contributed by atoms with Crippen molar-refractivity contribution in [3.05, 3.63) is 0 Å². The quantitative estimate of drug-likeness (QED) is 0.0483. The van der Waals surface area contributed by atoms with Crippen LogP contribution in [0.4, 0.5) is 0 Å². The van der Waals surface area contributed by atoms with E-state index in [1.54, 1.807) is 0 Å². The van der Waals surface area contributed by atoms with Crippen LogP contribution in [-0.2, 0) is 14.3 Å². The Balaban J connectivity index is 2.11. The van der Waals surface area contributed by atoms with E-state index in [2.05, 4.69) is 60.3 Å². The predicted molar refractivity (Wildman–Crippen MR) is 223 cm³/mol. The minimum Gasteiger partial charge on any atom is -0.465 e. The van der Waals surface area contributed by atoms with Crippen LogP contribution in [0.5, 0.6) is 0 Å². The molecule has 51 heavy (non-hydrogen) atoms. The van der Waals surface area contributed by atoms with Gasteiger partial charge in [-0.2, -0.15) is 0 Å². The Morgan fingerprint density at radius 1 is 0.510 bits per heavy atom. The Labute approximate surface area is 321 Å². The molecule has 0 radical (unpaired) electrons. The molecular formula is C47H93NO3. The molecule has 304 valence electrons. The van der Waals surface area contributed by atoms with Crippen molar-refractivity contribution in [1.82, 2.24) is 4.90 Å². The Morgan fingerprint density at radius 2 is 0.961 bits per heavy atom. The average Bonchev–Trinajstić information content (AvgIpc) is 3.08. The third-order valence-electron chi connectivity index (χ3n) is 12.0. The van der Waals surface area contributed by atoms with Crippen LogP contribution in [0.2, 0.25) is 0 Å². The van der Waals surface area contributed by atoms with Crippen LogP contribution in [0.25, 0.3) is 0 Å². The summed E-state index contributed by atoms with van der Waals surface area (Å²) in [6, 6.07) is 0. The lowest BCUT2D eigenvalue weighted by Crippen LogP contribution is -2.34. The molecule has 0 bridgehead atoms. The second kappa shape index (κ2) is 32.8. The zero-order valence-electron chi connectivity index (χ0n) is 36.1. The number of carbonyl (C=O) groups excluding carboxylic acids is 1. The van der Waals surface area contributed by atoms with Crippen LogP contribution in [0.15, 0.2) is 0 Å². The zero-order valence-corrected chi connectivity index (χ0v) is 36.1. The number of piperidine rings is 1. The number of nitrogens with zero attached hydrogens (tertiary/aromatic N) is 1. The lowest BCUT2D eigenvalue weighted by Gasteiger charge is -2.30. The first kappa shape index (κ1) is 48.4. The molecular weight excluding hydrogens is 627 g/mol. The molecule has 1 saturated heterocycles. The van der Waals surface area contributed by atoms with Crippen molar-refractivity contribution in [3.8, 4) is 0 Å². The topological polar surface area (TPSA) is 38.8 Å². The van der Waals surface area contributed by atoms with Gasteiger partial charge in [0.1, 0.15) is 0 Å². The Bertz CT molecular complexity index is 759. The maximum absolute atomic E-state index is 12.3. The number of esters is 1. The second-order valence-corrected chi connectivity index (χ2v) is 18.6. The van der Waals surface area contributed by atoms with E-state index in [-0.39, 0.29) is 5.97 Å². The molecule has 0 aromatic carbocycles. The van der Waals surface area contributed by atoms with Gasteiger partial charge in [-0.1, -0.05) is 158 Å². The Hall–Kier alpha value is -0.610. The summed E-state index contributed by atoms with van der Waals surface area (Å²) >= 11 is 0. The van der Waals surface area contributed by atoms with Gasteiger partial charge in [0, 0.05) is 26.2 Å². The lowest BCUT2D eigenvalue weighted by molar-refractivity contribution is -0.145. The van der Waals surface area contributed by atoms with Crippen molar-refractivity contribution < 1.29 is 14.3 Å². The molecule has 4 nitrogen and oxygen atoms in total. The summed E-state index contributed by atoms with van der Waals surface area (Å²) in [5, 5.41) is 0. The molecule has 3 atom stereocenters. The third-order valence-corrected chi connectivity index (χ3v) is 12.0. The van der Waals surface area contributed by atoms with E-state index in [0.29, 0.717) is 30.8 Å². The number of unbranched alkanes of at least 4 members (excludes halogenated alkanes) is 13. The van der Waals surface area contributed by atoms with Crippen LogP contribution < -0.4 is 0 Å². The fourth-order valence-corrected chi connectivity index (χ4v) is 7.94. The number of likely N-dealkylation sites (tertiary alicyclic amines) is 1. The number of hydrogen-bond acceptors (Lipinski definition) is 4. The molecule has 1 fully saturated rings. The van der Waals surface area contributed by atoms with Gasteiger partial charge in [0.2, 0.25) is 0 Å². The highest BCUT2D eigenvalue weighted by atomic mass is 16.5. The van der Waals surface area contributed by atoms with Crippen LogP contribution in [0.3, 0.4) is 0 Å². The van der Waals surface area contributed by atoms with Crippen molar-refractivity contribution in [3.63, 3.8) is 0 Å². The number of hydrogen-bond donors (Lipinski definition) is 0. The van der Waals surface area contributed by atoms with E-state index < -0.39 is 0 Å². The maximum Gasteiger partial charge on any atom is 0.305 e. The molecule has 4 heteroatoms. The fourth-order valence-electron chi connectivity index (χ4n) is 7.94. The minimum absolute atomic E-state index is 0.0178. The van der Waals surface area contributed by atoms with E-state index in [9.17, 15) is 4.79 Å². The summed E-state index contributed by atoms with van der Waals surface area (Å²) in [7, 11) is 0. The second-order valence-electron chi connectivity index (χ2n) is 18.6. The normalized spacial score (nSPS) is 16.1. The van der Waals surface area contributed by atoms with Gasteiger partial charge in [0.05, 0.1) is 6.61 Å². The number of rotatable bonds is 35. The summed E-state index contributed by atoms with van der Waals surface area (Å²) < 4.78 is 11.8. The van der Waals surface area contributed by atoms with Gasteiger partial charge in [0.15, 0.2) is 0 Å². The molecule has 0 aliphatic carbocycles. The largest absolute Gasteiger partial charge is 0.465 e. The highest BCUT2D eigenvalue weighted by Crippen LogP contribution is 2.24. The molecule has 0 aromatic rings. The van der Waals surface area contributed by atoms with E-state index in [1.807, 2.05) is 0 Å². The van der Waals surface area contributed by atoms with Crippen molar-refractivity contribution in [2.45, 2.75) is 216 Å². The van der Waals surface area contributed by atoms with Crippen molar-refractivity contribution in [2.75, 3.05) is 39.5 Å². The molecule has 0 amide bonds. The zero-order chi connectivity index (χ0) is 37.5. The average molecular weight is 720 g/mol. The van der Waals surface area contributed by atoms with Crippen LogP contribution in [-0.4, -0.2) is 50.3 Å². The molecule has 1 aliphatic rings. The van der Waals surface area contributed by atoms with E-state index in [0.717, 1.165) is 49.7 Å². The minimum atomic E-state index is 0.0178. The summed E-state index contributed by atoms with van der Waals surface area (Å²) in [6.07, 6.45) is 32.7. The smallest absolute Gasteiger partial charge is 0.305 e. The Morgan fingerprint density at radius 3 is 1.45 bits per heavy atom. The third kappa shape index (κ3) is 29.4. The molecule has 0 spiro atoms. The maximum atomic E-state index is 12.3. The van der Waals surface area contributed by atoms with Gasteiger partial charge in [-0.05, 0) is 106 Å². The van der Waals surface area contributed by atoms with Gasteiger partial charge in [-0.3, -0.25) is 4.79 Å². The monoisotopic (exact) mass is 720 g/mol. The van der Waals surface area contributed by atoms with Gasteiger partial charge in [-0.15, -0.1) is 0 Å². The Kier molecular flexibility index (Phi) is 31.1. The molecule has 0 N–H and O–H groups in total. The fraction of sp³-hybridized carbons (Fsp3) is 0.979. The van der Waals surface area contributed by atoms with Gasteiger partial charge in [0.25, 0.3) is 0 Å². The van der Waals surface area contributed by atoms with Crippen LogP contribution in [0, 0.1) is 41.4 Å². The summed E-state index contributed by atoms with van der Waals surface area (Å²) in [5.74, 6) is 4.96. The lowest BCUT2D eigenvalue weighted by atomic mass is 9.89. The molecule has 1 heterocycles. The first-order valence-electron chi connectivity index (χ1n) is 23.0. The van der Waals surface area contributed by atoms with Gasteiger partial charge >= 0.3 is 5.97 Å². The van der Waals surface area contributed by atoms with E-state index in [1.165, 1.54) is 161 Å². The summed E-state index contributed by atoms with van der Waals surface area (Å²) in [4.78, 5) is 15.1. The molecule has 0 aromatic heterocycles. The number of ether oxygens (including phenoxy) is 2. The van der Waals surface area contributed by atoms with Gasteiger partial charge < -0.3 is 14.4 Å². The summed E-state index contributed by atoms with van der Waals surface area (Å²) in [6.45, 7) is 25.0. The SMILES string of the molecule is CC(C)CCC(COCCCCCCCCCCC(CCCCCCCCCC(=O)OCC(CCC(C)C)C(C)C)CN1CCCCC1)C(C)C. The predicted octanol–water partition coefficient (Wildman–Crippen LogP) is 14.1. The van der Waals surface area contributed by atoms with Gasteiger partial charge in [-0.25, -0.2) is 0 Å². The molecule has 1 aliphatic heterocycles. The van der Waals surface area contributed by atoms with Crippen molar-refractivity contribution in [1.29, 1.82) is 0 Å². The highest BCUT2D eigenvalue weighted by molar-refractivity contribution is 5.69. The highest BCUT2D eigenvalue weighted by Gasteiger charge is 2.18. The molecule has 0 saturated carbocycles. The van der Waals surface area contributed by atoms with E-state index >= 15 is 0 Å². The molecule has 3 unspecified atom stereocenters. The van der Waals surface area contributed by atoms with E-state index in [4.69, 9.17) is 9.47 Å². The number of carbonyl (C=O) groups is 1.